The molecule has 7 heteroatoms. The van der Waals surface area contributed by atoms with Crippen molar-refractivity contribution in [2.45, 2.75) is 26.0 Å². The molecule has 1 amide bonds. The molecule has 0 bridgehead atoms. The maximum atomic E-state index is 13.2. The van der Waals surface area contributed by atoms with Crippen molar-refractivity contribution < 1.29 is 24.2 Å². The molecule has 174 valence electrons. The van der Waals surface area contributed by atoms with E-state index < -0.39 is 17.7 Å². The number of hydrogen-bond donors (Lipinski definition) is 1. The molecule has 1 aliphatic rings. The van der Waals surface area contributed by atoms with E-state index in [0.29, 0.717) is 33.3 Å². The van der Waals surface area contributed by atoms with E-state index in [4.69, 9.17) is 21.1 Å². The molecule has 0 aromatic heterocycles. The Bertz CT molecular complexity index is 1250. The molecule has 3 aromatic rings. The summed E-state index contributed by atoms with van der Waals surface area (Å²) >= 11 is 6.13. The van der Waals surface area contributed by atoms with E-state index in [1.165, 1.54) is 18.1 Å². The fourth-order valence-electron chi connectivity index (χ4n) is 3.97. The molecule has 1 heterocycles. The summed E-state index contributed by atoms with van der Waals surface area (Å²) in [5.41, 5.74) is 1.50. The van der Waals surface area contributed by atoms with Gasteiger partial charge in [0.2, 0.25) is 0 Å². The van der Waals surface area contributed by atoms with Crippen molar-refractivity contribution in [2.75, 3.05) is 12.0 Å². The Hall–Kier alpha value is -3.77. The molecule has 3 aromatic carbocycles. The zero-order valence-corrected chi connectivity index (χ0v) is 19.7. The SMILES string of the molecule is COc1cc(/C(O)=C2/C(=O)C(=O)N(c3ccccc3)C2c2ccc(OC(C)C)cc2)ccc1Cl. The van der Waals surface area contributed by atoms with Crippen molar-refractivity contribution in [1.29, 1.82) is 0 Å². The number of anilines is 1. The topological polar surface area (TPSA) is 76.1 Å². The van der Waals surface area contributed by atoms with E-state index >= 15 is 0 Å². The van der Waals surface area contributed by atoms with Crippen molar-refractivity contribution in [3.63, 3.8) is 0 Å². The summed E-state index contributed by atoms with van der Waals surface area (Å²) in [6.07, 6.45) is 0.000639. The Balaban J connectivity index is 1.89. The minimum absolute atomic E-state index is 0.000639. The lowest BCUT2D eigenvalue weighted by molar-refractivity contribution is -0.132. The molecule has 1 N–H and O–H groups in total. The van der Waals surface area contributed by atoms with Crippen LogP contribution in [0.4, 0.5) is 5.69 Å². The molecule has 1 unspecified atom stereocenters. The number of aliphatic hydroxyl groups is 1. The van der Waals surface area contributed by atoms with Crippen molar-refractivity contribution in [3.05, 3.63) is 94.5 Å². The number of amides is 1. The standard InChI is InChI=1S/C27H24ClNO5/c1-16(2)34-20-12-9-17(10-13-20)24-23(25(30)18-11-14-21(28)22(15-18)33-3)26(31)27(32)29(24)19-7-5-4-6-8-19/h4-16,24,30H,1-3H3/b25-23-. The smallest absolute Gasteiger partial charge is 0.300 e. The van der Waals surface area contributed by atoms with Gasteiger partial charge in [0.05, 0.1) is 29.9 Å². The Morgan fingerprint density at radius 2 is 1.68 bits per heavy atom. The summed E-state index contributed by atoms with van der Waals surface area (Å²) in [5, 5.41) is 11.6. The van der Waals surface area contributed by atoms with Crippen LogP contribution in [0, 0.1) is 0 Å². The first-order chi connectivity index (χ1) is 16.3. The van der Waals surface area contributed by atoms with Crippen LogP contribution in [0.2, 0.25) is 5.02 Å². The van der Waals surface area contributed by atoms with Gasteiger partial charge >= 0.3 is 0 Å². The van der Waals surface area contributed by atoms with Crippen molar-refractivity contribution in [1.82, 2.24) is 0 Å². The van der Waals surface area contributed by atoms with Crippen LogP contribution >= 0.6 is 11.6 Å². The molecule has 1 fully saturated rings. The number of para-hydroxylation sites is 1. The minimum Gasteiger partial charge on any atom is -0.507 e. The predicted molar refractivity (Wildman–Crippen MR) is 131 cm³/mol. The molecule has 4 rings (SSSR count). The van der Waals surface area contributed by atoms with Gasteiger partial charge in [0.1, 0.15) is 17.3 Å². The van der Waals surface area contributed by atoms with Gasteiger partial charge in [0.15, 0.2) is 0 Å². The number of rotatable bonds is 6. The number of ether oxygens (including phenoxy) is 2. The molecule has 0 spiro atoms. The largest absolute Gasteiger partial charge is 0.507 e. The Morgan fingerprint density at radius 3 is 2.29 bits per heavy atom. The van der Waals surface area contributed by atoms with Gasteiger partial charge in [-0.2, -0.15) is 0 Å². The van der Waals surface area contributed by atoms with Gasteiger partial charge < -0.3 is 14.6 Å². The van der Waals surface area contributed by atoms with Crippen molar-refractivity contribution in [3.8, 4) is 11.5 Å². The Kier molecular flexibility index (Phi) is 6.61. The van der Waals surface area contributed by atoms with Crippen molar-refractivity contribution >= 4 is 34.7 Å². The van der Waals surface area contributed by atoms with E-state index in [0.717, 1.165) is 0 Å². The summed E-state index contributed by atoms with van der Waals surface area (Å²) in [6.45, 7) is 3.86. The number of benzene rings is 3. The van der Waals surface area contributed by atoms with Crippen LogP contribution in [0.1, 0.15) is 31.0 Å². The predicted octanol–water partition coefficient (Wildman–Crippen LogP) is 5.76. The van der Waals surface area contributed by atoms with Gasteiger partial charge in [-0.3, -0.25) is 14.5 Å². The molecule has 0 radical (unpaired) electrons. The van der Waals surface area contributed by atoms with Crippen LogP contribution in [-0.2, 0) is 9.59 Å². The van der Waals surface area contributed by atoms with Gasteiger partial charge in [-0.15, -0.1) is 0 Å². The maximum absolute atomic E-state index is 13.2. The highest BCUT2D eigenvalue weighted by Gasteiger charge is 2.47. The van der Waals surface area contributed by atoms with E-state index in [-0.39, 0.29) is 17.4 Å². The molecule has 1 saturated heterocycles. The fourth-order valence-corrected chi connectivity index (χ4v) is 4.16. The van der Waals surface area contributed by atoms with Crippen LogP contribution < -0.4 is 14.4 Å². The maximum Gasteiger partial charge on any atom is 0.300 e. The lowest BCUT2D eigenvalue weighted by Crippen LogP contribution is -2.29. The van der Waals surface area contributed by atoms with Crippen molar-refractivity contribution in [2.24, 2.45) is 0 Å². The molecule has 0 aliphatic carbocycles. The fraction of sp³-hybridized carbons (Fsp3) is 0.185. The number of halogens is 1. The highest BCUT2D eigenvalue weighted by Crippen LogP contribution is 2.43. The first-order valence-corrected chi connectivity index (χ1v) is 11.2. The first-order valence-electron chi connectivity index (χ1n) is 10.8. The summed E-state index contributed by atoms with van der Waals surface area (Å²) < 4.78 is 11.0. The third-order valence-corrected chi connectivity index (χ3v) is 5.78. The van der Waals surface area contributed by atoms with Crippen LogP contribution in [0.5, 0.6) is 11.5 Å². The summed E-state index contributed by atoms with van der Waals surface area (Å²) in [4.78, 5) is 27.8. The lowest BCUT2D eigenvalue weighted by Gasteiger charge is -2.25. The molecule has 34 heavy (non-hydrogen) atoms. The van der Waals surface area contributed by atoms with Gasteiger partial charge in [-0.25, -0.2) is 0 Å². The number of ketones is 1. The highest BCUT2D eigenvalue weighted by molar-refractivity contribution is 6.51. The quantitative estimate of drug-likeness (QED) is 0.277. The second-order valence-corrected chi connectivity index (χ2v) is 8.50. The third kappa shape index (κ3) is 4.37. The second-order valence-electron chi connectivity index (χ2n) is 8.09. The number of methoxy groups -OCH3 is 1. The molecular formula is C27H24ClNO5. The normalized spacial score (nSPS) is 17.3. The summed E-state index contributed by atoms with van der Waals surface area (Å²) in [7, 11) is 1.46. The second kappa shape index (κ2) is 9.61. The molecule has 0 saturated carbocycles. The zero-order valence-electron chi connectivity index (χ0n) is 19.0. The van der Waals surface area contributed by atoms with E-state index in [1.54, 1.807) is 60.7 Å². The summed E-state index contributed by atoms with van der Waals surface area (Å²) in [6, 6.07) is 19.9. The average Bonchev–Trinajstić information content (AvgIpc) is 3.10. The first kappa shape index (κ1) is 23.4. The average molecular weight is 478 g/mol. The number of carbonyl (C=O) groups excluding carboxylic acids is 2. The van der Waals surface area contributed by atoms with Crippen LogP contribution in [0.3, 0.4) is 0 Å². The Morgan fingerprint density at radius 1 is 1.00 bits per heavy atom. The van der Waals surface area contributed by atoms with E-state index in [1.807, 2.05) is 19.9 Å². The van der Waals surface area contributed by atoms with E-state index in [2.05, 4.69) is 0 Å². The molecule has 6 nitrogen and oxygen atoms in total. The number of carbonyl (C=O) groups is 2. The van der Waals surface area contributed by atoms with Crippen LogP contribution in [0.25, 0.3) is 5.76 Å². The third-order valence-electron chi connectivity index (χ3n) is 5.47. The van der Waals surface area contributed by atoms with Crippen LogP contribution in [-0.4, -0.2) is 30.0 Å². The number of hydrogen-bond acceptors (Lipinski definition) is 5. The molecule has 1 atom stereocenters. The zero-order chi connectivity index (χ0) is 24.4. The molecular weight excluding hydrogens is 454 g/mol. The number of Topliss-reactive ketones (excluding diaryl/α,β-unsaturated/α-hetero) is 1. The molecule has 1 aliphatic heterocycles. The van der Waals surface area contributed by atoms with E-state index in [9.17, 15) is 14.7 Å². The lowest BCUT2D eigenvalue weighted by atomic mass is 9.95. The van der Waals surface area contributed by atoms with Gasteiger partial charge in [-0.1, -0.05) is 41.9 Å². The highest BCUT2D eigenvalue weighted by atomic mass is 35.5. The van der Waals surface area contributed by atoms with Crippen LogP contribution in [0.15, 0.2) is 78.4 Å². The number of aliphatic hydroxyl groups excluding tert-OH is 1. The van der Waals surface area contributed by atoms with Gasteiger partial charge in [0, 0.05) is 11.3 Å². The summed E-state index contributed by atoms with van der Waals surface area (Å²) in [5.74, 6) is -0.796. The van der Waals surface area contributed by atoms with Gasteiger partial charge in [0.25, 0.3) is 11.7 Å². The number of nitrogens with zero attached hydrogens (tertiary/aromatic N) is 1. The minimum atomic E-state index is -0.836. The Labute approximate surface area is 203 Å². The van der Waals surface area contributed by atoms with Gasteiger partial charge in [-0.05, 0) is 61.9 Å². The monoisotopic (exact) mass is 477 g/mol.